The predicted octanol–water partition coefficient (Wildman–Crippen LogP) is 2.98. The van der Waals surface area contributed by atoms with Gasteiger partial charge in [-0.05, 0) is 31.3 Å². The third kappa shape index (κ3) is 5.89. The maximum atomic E-state index is 13.5. The first-order valence-corrected chi connectivity index (χ1v) is 9.42. The molecule has 0 atom stereocenters. The fraction of sp³-hybridized carbons (Fsp3) is 0.273. The predicted molar refractivity (Wildman–Crippen MR) is 109 cm³/mol. The average Bonchev–Trinajstić information content (AvgIpc) is 3.18. The van der Waals surface area contributed by atoms with Crippen LogP contribution >= 0.6 is 0 Å². The van der Waals surface area contributed by atoms with E-state index >= 15 is 0 Å². The number of amides is 1. The van der Waals surface area contributed by atoms with E-state index in [1.807, 2.05) is 48.5 Å². The van der Waals surface area contributed by atoms with E-state index in [-0.39, 0.29) is 24.0 Å². The van der Waals surface area contributed by atoms with E-state index in [1.54, 1.807) is 41.0 Å². The monoisotopic (exact) mass is 396 g/mol. The number of carbonyl (C=O) groups is 1. The number of para-hydroxylation sites is 2. The highest BCUT2D eigenvalue weighted by atomic mass is 19.1. The van der Waals surface area contributed by atoms with Crippen molar-refractivity contribution < 1.29 is 13.9 Å². The number of rotatable bonds is 9. The van der Waals surface area contributed by atoms with Gasteiger partial charge in [0, 0.05) is 31.9 Å². The van der Waals surface area contributed by atoms with Crippen molar-refractivity contribution >= 4 is 5.91 Å². The number of aromatic nitrogens is 2. The number of benzene rings is 2. The minimum Gasteiger partial charge on any atom is -0.489 e. The van der Waals surface area contributed by atoms with Crippen molar-refractivity contribution in [3.8, 4) is 11.4 Å². The zero-order chi connectivity index (χ0) is 20.6. The maximum Gasteiger partial charge on any atom is 0.236 e. The smallest absolute Gasteiger partial charge is 0.236 e. The highest BCUT2D eigenvalue weighted by Gasteiger charge is 2.13. The van der Waals surface area contributed by atoms with Crippen LogP contribution in [0.2, 0.25) is 0 Å². The zero-order valence-electron chi connectivity index (χ0n) is 16.7. The summed E-state index contributed by atoms with van der Waals surface area (Å²) >= 11 is 0. The summed E-state index contributed by atoms with van der Waals surface area (Å²) in [5.74, 6) is -0.173. The second kappa shape index (κ2) is 9.84. The lowest BCUT2D eigenvalue weighted by Crippen LogP contribution is -2.37. The number of halogens is 1. The largest absolute Gasteiger partial charge is 0.489 e. The molecule has 0 radical (unpaired) electrons. The Hall–Kier alpha value is -3.19. The van der Waals surface area contributed by atoms with Crippen molar-refractivity contribution in [2.45, 2.75) is 6.54 Å². The van der Waals surface area contributed by atoms with Crippen molar-refractivity contribution in [1.82, 2.24) is 19.6 Å². The minimum absolute atomic E-state index is 0.00847. The van der Waals surface area contributed by atoms with E-state index in [9.17, 15) is 9.18 Å². The van der Waals surface area contributed by atoms with Crippen molar-refractivity contribution in [3.63, 3.8) is 0 Å². The van der Waals surface area contributed by atoms with Gasteiger partial charge in [0.1, 0.15) is 6.61 Å². The fourth-order valence-corrected chi connectivity index (χ4v) is 2.83. The van der Waals surface area contributed by atoms with Gasteiger partial charge >= 0.3 is 0 Å². The second-order valence-electron chi connectivity index (χ2n) is 6.90. The molecular weight excluding hydrogens is 371 g/mol. The average molecular weight is 396 g/mol. The Balaban J connectivity index is 1.44. The first-order chi connectivity index (χ1) is 14.0. The lowest BCUT2D eigenvalue weighted by atomic mass is 10.3. The molecule has 1 amide bonds. The molecule has 7 heteroatoms. The number of hydrogen-bond donors (Lipinski definition) is 0. The Morgan fingerprint density at radius 3 is 2.59 bits per heavy atom. The van der Waals surface area contributed by atoms with Gasteiger partial charge in [-0.1, -0.05) is 30.3 Å². The summed E-state index contributed by atoms with van der Waals surface area (Å²) in [6.07, 6.45) is 3.69. The maximum absolute atomic E-state index is 13.5. The van der Waals surface area contributed by atoms with Crippen molar-refractivity contribution in [1.29, 1.82) is 0 Å². The molecule has 1 aromatic heterocycles. The summed E-state index contributed by atoms with van der Waals surface area (Å²) in [5, 5.41) is 4.36. The Bertz CT molecular complexity index is 929. The van der Waals surface area contributed by atoms with Gasteiger partial charge in [0.2, 0.25) is 5.91 Å². The molecule has 0 aliphatic carbocycles. The molecule has 0 unspecified atom stereocenters. The molecule has 1 heterocycles. The first kappa shape index (κ1) is 20.5. The molecule has 0 spiro atoms. The lowest BCUT2D eigenvalue weighted by Gasteiger charge is -2.21. The molecule has 3 aromatic rings. The molecule has 0 saturated heterocycles. The molecule has 0 aliphatic heterocycles. The lowest BCUT2D eigenvalue weighted by molar-refractivity contribution is -0.131. The van der Waals surface area contributed by atoms with Crippen LogP contribution in [0.25, 0.3) is 5.69 Å². The Labute approximate surface area is 170 Å². The number of likely N-dealkylation sites (N-methyl/N-ethyl adjacent to an activating group) is 2. The van der Waals surface area contributed by atoms with E-state index in [1.165, 1.54) is 6.07 Å². The molecule has 2 aromatic carbocycles. The molecule has 0 N–H and O–H groups in total. The fourth-order valence-electron chi connectivity index (χ4n) is 2.83. The minimum atomic E-state index is -0.387. The highest BCUT2D eigenvalue weighted by molar-refractivity contribution is 5.77. The summed E-state index contributed by atoms with van der Waals surface area (Å²) in [6.45, 7) is 1.55. The number of nitrogens with zero attached hydrogens (tertiary/aromatic N) is 4. The van der Waals surface area contributed by atoms with Crippen molar-refractivity contribution in [2.75, 3.05) is 33.8 Å². The molecule has 29 heavy (non-hydrogen) atoms. The second-order valence-corrected chi connectivity index (χ2v) is 6.90. The molecule has 0 saturated carbocycles. The molecule has 3 rings (SSSR count). The Morgan fingerprint density at radius 1 is 1.10 bits per heavy atom. The SMILES string of the molecule is CN(CCOc1ccccc1F)CC(=O)N(C)Cc1cnn(-c2ccccc2)c1. The third-order valence-electron chi connectivity index (χ3n) is 4.47. The van der Waals surface area contributed by atoms with Gasteiger partial charge in [-0.3, -0.25) is 9.69 Å². The topological polar surface area (TPSA) is 50.6 Å². The summed E-state index contributed by atoms with van der Waals surface area (Å²) in [6, 6.07) is 16.1. The standard InChI is InChI=1S/C22H25FN4O2/c1-25(12-13-29-21-11-7-6-10-20(21)23)17-22(28)26(2)15-18-14-24-27(16-18)19-8-4-3-5-9-19/h3-11,14,16H,12-13,15,17H2,1-2H3. The van der Waals surface area contributed by atoms with Gasteiger partial charge in [-0.2, -0.15) is 5.10 Å². The molecule has 152 valence electrons. The van der Waals surface area contributed by atoms with Crippen LogP contribution in [0.4, 0.5) is 4.39 Å². The molecule has 0 aliphatic rings. The summed E-state index contributed by atoms with van der Waals surface area (Å²) in [4.78, 5) is 16.0. The van der Waals surface area contributed by atoms with Crippen molar-refractivity contribution in [2.24, 2.45) is 0 Å². The van der Waals surface area contributed by atoms with Crippen LogP contribution in [0, 0.1) is 5.82 Å². The summed E-state index contributed by atoms with van der Waals surface area (Å²) < 4.78 is 20.8. The van der Waals surface area contributed by atoms with Crippen LogP contribution in [0.5, 0.6) is 5.75 Å². The van der Waals surface area contributed by atoms with Gasteiger partial charge in [0.15, 0.2) is 11.6 Å². The number of carbonyl (C=O) groups excluding carboxylic acids is 1. The van der Waals surface area contributed by atoms with Crippen LogP contribution in [0.1, 0.15) is 5.56 Å². The van der Waals surface area contributed by atoms with Gasteiger partial charge in [0.05, 0.1) is 18.4 Å². The molecule has 0 bridgehead atoms. The van der Waals surface area contributed by atoms with E-state index in [0.29, 0.717) is 19.7 Å². The summed E-state index contributed by atoms with van der Waals surface area (Å²) in [5.41, 5.74) is 1.93. The van der Waals surface area contributed by atoms with Crippen LogP contribution in [0.3, 0.4) is 0 Å². The number of hydrogen-bond acceptors (Lipinski definition) is 4. The van der Waals surface area contributed by atoms with Gasteiger partial charge < -0.3 is 9.64 Å². The zero-order valence-corrected chi connectivity index (χ0v) is 16.7. The quantitative estimate of drug-likeness (QED) is 0.558. The normalized spacial score (nSPS) is 10.9. The van der Waals surface area contributed by atoms with Crippen LogP contribution in [-0.4, -0.2) is 59.3 Å². The molecular formula is C22H25FN4O2. The van der Waals surface area contributed by atoms with Gasteiger partial charge in [0.25, 0.3) is 0 Å². The molecule has 6 nitrogen and oxygen atoms in total. The summed E-state index contributed by atoms with van der Waals surface area (Å²) in [7, 11) is 3.61. The van der Waals surface area contributed by atoms with Crippen LogP contribution < -0.4 is 4.74 Å². The van der Waals surface area contributed by atoms with Crippen LogP contribution in [-0.2, 0) is 11.3 Å². The number of ether oxygens (including phenoxy) is 1. The van der Waals surface area contributed by atoms with E-state index < -0.39 is 0 Å². The van der Waals surface area contributed by atoms with Gasteiger partial charge in [-0.25, -0.2) is 9.07 Å². The Morgan fingerprint density at radius 2 is 1.83 bits per heavy atom. The first-order valence-electron chi connectivity index (χ1n) is 9.42. The van der Waals surface area contributed by atoms with E-state index in [2.05, 4.69) is 5.10 Å². The highest BCUT2D eigenvalue weighted by Crippen LogP contribution is 2.15. The third-order valence-corrected chi connectivity index (χ3v) is 4.47. The van der Waals surface area contributed by atoms with E-state index in [0.717, 1.165) is 11.3 Å². The Kier molecular flexibility index (Phi) is 6.97. The van der Waals surface area contributed by atoms with Crippen LogP contribution in [0.15, 0.2) is 67.0 Å². The van der Waals surface area contributed by atoms with Crippen molar-refractivity contribution in [3.05, 3.63) is 78.4 Å². The van der Waals surface area contributed by atoms with E-state index in [4.69, 9.17) is 4.74 Å². The molecule has 0 fully saturated rings. The van der Waals surface area contributed by atoms with Gasteiger partial charge in [-0.15, -0.1) is 0 Å².